The first-order valence-electron chi connectivity index (χ1n) is 10.4. The Morgan fingerprint density at radius 3 is 0.895 bits per heavy atom. The Morgan fingerprint density at radius 1 is 0.447 bits per heavy atom. The molecule has 2 radical (unpaired) electrons. The topological polar surface area (TPSA) is 0 Å². The summed E-state index contributed by atoms with van der Waals surface area (Å²) in [6, 6.07) is 17.3. The minimum absolute atomic E-state index is 0. The molecule has 0 heterocycles. The van der Waals surface area contributed by atoms with E-state index in [0.29, 0.717) is 0 Å². The van der Waals surface area contributed by atoms with Gasteiger partial charge in [-0.25, -0.2) is 0 Å². The van der Waals surface area contributed by atoms with Gasteiger partial charge in [0.15, 0.2) is 0 Å². The molecule has 0 fully saturated rings. The molecule has 0 N–H and O–H groups in total. The van der Waals surface area contributed by atoms with Gasteiger partial charge in [-0.15, -0.1) is 0 Å². The SMILES string of the molecule is C[C]1C(C)=C(C)C(C)=C1C.F[P-](F)(F)(F)(F)F.F[P-](F)(F)(F)(F)F.[Ir].c1ccc2c(c1)Cc1ccccc1-2. The van der Waals surface area contributed by atoms with Crippen molar-refractivity contribution in [2.24, 2.45) is 0 Å². The van der Waals surface area contributed by atoms with Gasteiger partial charge in [-0.3, -0.25) is 0 Å². The van der Waals surface area contributed by atoms with Crippen LogP contribution in [0.5, 0.6) is 0 Å². The van der Waals surface area contributed by atoms with Crippen LogP contribution in [0.25, 0.3) is 11.1 Å². The second-order valence-electron chi connectivity index (χ2n) is 8.53. The van der Waals surface area contributed by atoms with Crippen molar-refractivity contribution in [2.75, 3.05) is 0 Å². The number of allylic oxidation sites excluding steroid dienone is 4. The molecular formula is C23H25F12IrP2-2. The smallest absolute Gasteiger partial charge is 0 e. The van der Waals surface area contributed by atoms with Crippen molar-refractivity contribution in [1.82, 2.24) is 0 Å². The summed E-state index contributed by atoms with van der Waals surface area (Å²) < 4.78 is 118. The molecule has 0 aromatic heterocycles. The van der Waals surface area contributed by atoms with E-state index in [1.165, 1.54) is 50.5 Å². The van der Waals surface area contributed by atoms with Crippen molar-refractivity contribution in [3.63, 3.8) is 0 Å². The Kier molecular flexibility index (Phi) is 9.83. The second kappa shape index (κ2) is 10.2. The molecular weight excluding hydrogens is 758 g/mol. The molecule has 0 unspecified atom stereocenters. The number of rotatable bonds is 0. The molecule has 0 spiro atoms. The fourth-order valence-electron chi connectivity index (χ4n) is 3.49. The Balaban J connectivity index is 0.000000497. The van der Waals surface area contributed by atoms with Crippen LogP contribution < -0.4 is 0 Å². The van der Waals surface area contributed by atoms with E-state index in [9.17, 15) is 50.4 Å². The molecule has 2 aromatic rings. The summed E-state index contributed by atoms with van der Waals surface area (Å²) in [7, 11) is -21.3. The maximum absolute atomic E-state index is 10.7. The molecule has 2 aliphatic carbocycles. The summed E-state index contributed by atoms with van der Waals surface area (Å²) in [6.45, 7) is 11.0. The van der Waals surface area contributed by atoms with Crippen LogP contribution >= 0.6 is 15.6 Å². The molecule has 0 saturated carbocycles. The number of fused-ring (bicyclic) bond motifs is 3. The molecule has 38 heavy (non-hydrogen) atoms. The molecule has 0 saturated heterocycles. The standard InChI is InChI=1S/C13H10.C10H15.2F6P.Ir/c1-3-7-12-10(5-1)9-11-6-2-4-8-13(11)12;1-6-7(2)9(4)10(5)8(6)3;2*1-7(2,3,4,5)6;/h1-8H,9H2;1-5H3;;;/q;;2*-1;. The molecule has 15 heteroatoms. The van der Waals surface area contributed by atoms with E-state index in [2.05, 4.69) is 83.1 Å². The van der Waals surface area contributed by atoms with E-state index in [-0.39, 0.29) is 20.1 Å². The van der Waals surface area contributed by atoms with Crippen LogP contribution in [-0.4, -0.2) is 0 Å². The Hall–Kier alpha value is -1.41. The Bertz CT molecular complexity index is 1110. The third-order valence-electron chi connectivity index (χ3n) is 5.52. The first-order chi connectivity index (χ1) is 15.9. The minimum Gasteiger partial charge on any atom is -0.0619 e. The molecule has 4 rings (SSSR count). The quantitative estimate of drug-likeness (QED) is 0.157. The van der Waals surface area contributed by atoms with Crippen LogP contribution in [0.4, 0.5) is 50.4 Å². The first kappa shape index (κ1) is 36.6. The second-order valence-corrected chi connectivity index (χ2v) is 12.4. The van der Waals surface area contributed by atoms with E-state index >= 15 is 0 Å². The molecule has 2 aliphatic rings. The van der Waals surface area contributed by atoms with Gasteiger partial charge in [-0.1, -0.05) is 66.6 Å². The van der Waals surface area contributed by atoms with Gasteiger partial charge in [0.2, 0.25) is 0 Å². The van der Waals surface area contributed by atoms with Crippen LogP contribution in [0.2, 0.25) is 0 Å². The monoisotopic (exact) mass is 784 g/mol. The minimum atomic E-state index is -10.7. The van der Waals surface area contributed by atoms with Gasteiger partial charge in [0.05, 0.1) is 0 Å². The predicted octanol–water partition coefficient (Wildman–Crippen LogP) is 13.3. The maximum Gasteiger partial charge on any atom is 0 e. The summed E-state index contributed by atoms with van der Waals surface area (Å²) in [4.78, 5) is 0. The zero-order valence-corrected chi connectivity index (χ0v) is 24.8. The average molecular weight is 784 g/mol. The number of halogens is 12. The fourth-order valence-corrected chi connectivity index (χ4v) is 3.49. The van der Waals surface area contributed by atoms with Crippen molar-refractivity contribution < 1.29 is 70.5 Å². The molecule has 0 aliphatic heterocycles. The van der Waals surface area contributed by atoms with E-state index in [0.717, 1.165) is 6.42 Å². The fraction of sp³-hybridized carbons (Fsp3) is 0.261. The number of hydrogen-bond acceptors (Lipinski definition) is 0. The van der Waals surface area contributed by atoms with Gasteiger partial charge in [0.25, 0.3) is 0 Å². The van der Waals surface area contributed by atoms with Crippen LogP contribution in [0, 0.1) is 5.92 Å². The Morgan fingerprint density at radius 2 is 0.684 bits per heavy atom. The van der Waals surface area contributed by atoms with E-state index in [1.807, 2.05) is 0 Å². The van der Waals surface area contributed by atoms with Gasteiger partial charge in [0.1, 0.15) is 0 Å². The average Bonchev–Trinajstić information content (AvgIpc) is 3.12. The summed E-state index contributed by atoms with van der Waals surface area (Å²) >= 11 is 0. The van der Waals surface area contributed by atoms with E-state index in [1.54, 1.807) is 0 Å². The van der Waals surface area contributed by atoms with E-state index < -0.39 is 15.6 Å². The van der Waals surface area contributed by atoms with Gasteiger partial charge >= 0.3 is 66.0 Å². The van der Waals surface area contributed by atoms with Crippen LogP contribution in [-0.2, 0) is 26.5 Å². The van der Waals surface area contributed by atoms with Gasteiger partial charge in [-0.05, 0) is 67.5 Å². The number of hydrogen-bond donors (Lipinski definition) is 0. The summed E-state index contributed by atoms with van der Waals surface area (Å²) in [5.74, 6) is 1.47. The van der Waals surface area contributed by atoms with E-state index in [4.69, 9.17) is 0 Å². The normalized spacial score (nSPS) is 18.3. The van der Waals surface area contributed by atoms with Crippen LogP contribution in [0.1, 0.15) is 45.7 Å². The third kappa shape index (κ3) is 16.5. The molecule has 0 nitrogen and oxygen atoms in total. The largest absolute Gasteiger partial charge is 0.0619 e. The molecule has 0 amide bonds. The van der Waals surface area contributed by atoms with Gasteiger partial charge in [-0.2, -0.15) is 0 Å². The van der Waals surface area contributed by atoms with Crippen LogP contribution in [0.15, 0.2) is 70.8 Å². The zero-order valence-electron chi connectivity index (χ0n) is 20.6. The molecule has 0 bridgehead atoms. The van der Waals surface area contributed by atoms with Crippen molar-refractivity contribution in [2.45, 2.75) is 41.0 Å². The summed E-state index contributed by atoms with van der Waals surface area (Å²) in [6.07, 6.45) is 1.10. The predicted molar refractivity (Wildman–Crippen MR) is 127 cm³/mol. The summed E-state index contributed by atoms with van der Waals surface area (Å²) in [5, 5.41) is 0. The Labute approximate surface area is 226 Å². The maximum atomic E-state index is 9.87. The van der Waals surface area contributed by atoms with Crippen molar-refractivity contribution >= 4 is 15.6 Å². The summed E-state index contributed by atoms with van der Waals surface area (Å²) in [5.41, 5.74) is 11.6. The number of benzene rings is 2. The van der Waals surface area contributed by atoms with Crippen molar-refractivity contribution in [1.29, 1.82) is 0 Å². The first-order valence-corrected chi connectivity index (χ1v) is 14.4. The van der Waals surface area contributed by atoms with Gasteiger partial charge in [0, 0.05) is 26.0 Å². The third-order valence-corrected chi connectivity index (χ3v) is 5.52. The van der Waals surface area contributed by atoms with Crippen molar-refractivity contribution in [3.8, 4) is 11.1 Å². The molecule has 222 valence electrons. The van der Waals surface area contributed by atoms with Crippen LogP contribution in [0.3, 0.4) is 0 Å². The van der Waals surface area contributed by atoms with Gasteiger partial charge < -0.3 is 0 Å². The van der Waals surface area contributed by atoms with Crippen molar-refractivity contribution in [3.05, 3.63) is 87.9 Å². The molecule has 2 aromatic carbocycles. The zero-order chi connectivity index (χ0) is 29.4. The molecule has 0 atom stereocenters.